The Hall–Kier alpha value is -2.53. The smallest absolute Gasteiger partial charge is 0.173 e. The molecule has 0 radical (unpaired) electrons. The molecule has 1 atom stereocenters. The molecule has 4 nitrogen and oxygen atoms in total. The number of nitrogens with one attached hydrogen (secondary N) is 1. The fourth-order valence-electron chi connectivity index (χ4n) is 3.45. The molecule has 0 saturated carbocycles. The zero-order valence-electron chi connectivity index (χ0n) is 15.1. The number of rotatable bonds is 2. The van der Waals surface area contributed by atoms with Crippen LogP contribution in [-0.2, 0) is 0 Å². The molecule has 0 bridgehead atoms. The van der Waals surface area contributed by atoms with E-state index >= 15 is 0 Å². The van der Waals surface area contributed by atoms with Crippen molar-refractivity contribution in [1.82, 2.24) is 14.9 Å². The van der Waals surface area contributed by atoms with Gasteiger partial charge in [-0.1, -0.05) is 30.3 Å². The van der Waals surface area contributed by atoms with E-state index < -0.39 is 0 Å². The van der Waals surface area contributed by atoms with Crippen LogP contribution in [0.1, 0.15) is 29.3 Å². The van der Waals surface area contributed by atoms with Crippen molar-refractivity contribution in [3.63, 3.8) is 0 Å². The molecule has 1 fully saturated rings. The summed E-state index contributed by atoms with van der Waals surface area (Å²) in [7, 11) is 0. The molecule has 0 amide bonds. The van der Waals surface area contributed by atoms with Gasteiger partial charge in [-0.2, -0.15) is 0 Å². The first kappa shape index (κ1) is 16.9. The number of nitrogens with zero attached hydrogens (tertiary/aromatic N) is 3. The van der Waals surface area contributed by atoms with Crippen molar-refractivity contribution in [3.05, 3.63) is 65.5 Å². The Morgan fingerprint density at radius 3 is 2.54 bits per heavy atom. The van der Waals surface area contributed by atoms with Gasteiger partial charge in [0.15, 0.2) is 5.11 Å². The number of hydrogen-bond acceptors (Lipinski definition) is 3. The van der Waals surface area contributed by atoms with Crippen molar-refractivity contribution in [3.8, 4) is 0 Å². The quantitative estimate of drug-likeness (QED) is 0.683. The molecule has 26 heavy (non-hydrogen) atoms. The zero-order chi connectivity index (χ0) is 18.1. The minimum Gasteiger partial charge on any atom is -0.348 e. The van der Waals surface area contributed by atoms with E-state index in [4.69, 9.17) is 12.2 Å². The number of anilines is 1. The fraction of sp³-hybridized carbons (Fsp3) is 0.286. The van der Waals surface area contributed by atoms with Crippen molar-refractivity contribution in [2.45, 2.75) is 26.2 Å². The van der Waals surface area contributed by atoms with Crippen LogP contribution >= 0.6 is 12.2 Å². The van der Waals surface area contributed by atoms with Crippen molar-refractivity contribution < 1.29 is 0 Å². The first-order valence-corrected chi connectivity index (χ1v) is 9.37. The van der Waals surface area contributed by atoms with Gasteiger partial charge < -0.3 is 10.2 Å². The molecule has 5 heteroatoms. The Kier molecular flexibility index (Phi) is 4.55. The molecule has 4 rings (SSSR count). The van der Waals surface area contributed by atoms with E-state index in [1.807, 2.05) is 32.0 Å². The molecular formula is C21H22N4S. The number of hydrogen-bond donors (Lipinski definition) is 1. The average Bonchev–Trinajstić information content (AvgIpc) is 3.14. The van der Waals surface area contributed by atoms with E-state index in [-0.39, 0.29) is 0 Å². The maximum absolute atomic E-state index is 5.65. The van der Waals surface area contributed by atoms with Crippen LogP contribution in [0.25, 0.3) is 11.0 Å². The van der Waals surface area contributed by atoms with Crippen LogP contribution in [0.3, 0.4) is 0 Å². The zero-order valence-corrected chi connectivity index (χ0v) is 15.9. The van der Waals surface area contributed by atoms with Crippen LogP contribution in [0.15, 0.2) is 48.5 Å². The summed E-state index contributed by atoms with van der Waals surface area (Å²) < 4.78 is 0. The van der Waals surface area contributed by atoms with Gasteiger partial charge in [0.2, 0.25) is 0 Å². The summed E-state index contributed by atoms with van der Waals surface area (Å²) in [4.78, 5) is 11.5. The van der Waals surface area contributed by atoms with Gasteiger partial charge in [-0.3, -0.25) is 0 Å². The molecule has 1 aliphatic heterocycles. The lowest BCUT2D eigenvalue weighted by Gasteiger charge is -2.21. The number of aromatic nitrogens is 2. The van der Waals surface area contributed by atoms with E-state index in [9.17, 15) is 0 Å². The lowest BCUT2D eigenvalue weighted by molar-refractivity contribution is 0.518. The number of aryl methyl sites for hydroxylation is 2. The second-order valence-corrected chi connectivity index (χ2v) is 7.26. The van der Waals surface area contributed by atoms with E-state index in [2.05, 4.69) is 50.5 Å². The number of thiocarbonyl (C=S) groups is 1. The largest absolute Gasteiger partial charge is 0.348 e. The van der Waals surface area contributed by atoms with Gasteiger partial charge in [0.05, 0.1) is 22.4 Å². The third-order valence-electron chi connectivity index (χ3n) is 5.07. The van der Waals surface area contributed by atoms with Crippen molar-refractivity contribution in [2.24, 2.45) is 0 Å². The molecule has 0 spiro atoms. The first-order chi connectivity index (χ1) is 12.6. The average molecular weight is 363 g/mol. The van der Waals surface area contributed by atoms with Crippen molar-refractivity contribution in [2.75, 3.05) is 18.4 Å². The van der Waals surface area contributed by atoms with E-state index in [1.54, 1.807) is 0 Å². The molecule has 1 N–H and O–H groups in total. The van der Waals surface area contributed by atoms with Gasteiger partial charge in [-0.25, -0.2) is 9.97 Å². The highest BCUT2D eigenvalue weighted by Crippen LogP contribution is 2.27. The third kappa shape index (κ3) is 3.40. The summed E-state index contributed by atoms with van der Waals surface area (Å²) >= 11 is 5.65. The second kappa shape index (κ2) is 7.00. The monoisotopic (exact) mass is 362 g/mol. The predicted octanol–water partition coefficient (Wildman–Crippen LogP) is 4.43. The standard InChI is InChI=1S/C21H22N4S/c1-14-15(2)23-20-12-18(8-9-19(20)22-14)24-21(26)25-11-10-17(13-25)16-6-4-3-5-7-16/h3-9,12,17H,10-11,13H2,1-2H3,(H,24,26)/t17-/m1/s1. The molecule has 3 aromatic rings. The number of benzene rings is 2. The van der Waals surface area contributed by atoms with E-state index in [0.717, 1.165) is 52.7 Å². The van der Waals surface area contributed by atoms with Crippen LogP contribution in [0.5, 0.6) is 0 Å². The minimum atomic E-state index is 0.545. The Morgan fingerprint density at radius 2 is 1.77 bits per heavy atom. The first-order valence-electron chi connectivity index (χ1n) is 8.96. The van der Waals surface area contributed by atoms with Crippen LogP contribution in [-0.4, -0.2) is 33.1 Å². The van der Waals surface area contributed by atoms with Crippen LogP contribution in [0.2, 0.25) is 0 Å². The summed E-state index contributed by atoms with van der Waals surface area (Å²) in [5.41, 5.74) is 6.09. The van der Waals surface area contributed by atoms with Crippen LogP contribution < -0.4 is 5.32 Å². The molecule has 1 aliphatic rings. The molecule has 0 aliphatic carbocycles. The topological polar surface area (TPSA) is 41.1 Å². The van der Waals surface area contributed by atoms with Gasteiger partial charge in [0, 0.05) is 24.7 Å². The minimum absolute atomic E-state index is 0.545. The summed E-state index contributed by atoms with van der Waals surface area (Å²) in [5, 5.41) is 4.15. The summed E-state index contributed by atoms with van der Waals surface area (Å²) in [6, 6.07) is 16.7. The van der Waals surface area contributed by atoms with E-state index in [0.29, 0.717) is 5.92 Å². The number of likely N-dealkylation sites (tertiary alicyclic amines) is 1. The van der Waals surface area contributed by atoms with Crippen molar-refractivity contribution >= 4 is 34.1 Å². The Morgan fingerprint density at radius 1 is 1.04 bits per heavy atom. The highest BCUT2D eigenvalue weighted by Gasteiger charge is 2.25. The normalized spacial score (nSPS) is 16.8. The summed E-state index contributed by atoms with van der Waals surface area (Å²) in [5.74, 6) is 0.545. The second-order valence-electron chi connectivity index (χ2n) is 6.87. The van der Waals surface area contributed by atoms with Gasteiger partial charge in [0.1, 0.15) is 0 Å². The SMILES string of the molecule is Cc1nc2ccc(NC(=S)N3CC[C@@H](c4ccccc4)C3)cc2nc1C. The summed E-state index contributed by atoms with van der Waals surface area (Å²) in [6.07, 6.45) is 1.13. The summed E-state index contributed by atoms with van der Waals surface area (Å²) in [6.45, 7) is 5.92. The number of fused-ring (bicyclic) bond motifs is 1. The molecule has 1 saturated heterocycles. The molecule has 2 aromatic carbocycles. The molecule has 132 valence electrons. The fourth-order valence-corrected chi connectivity index (χ4v) is 3.74. The molecule has 1 aromatic heterocycles. The lowest BCUT2D eigenvalue weighted by Crippen LogP contribution is -2.32. The van der Waals surface area contributed by atoms with E-state index in [1.165, 1.54) is 5.56 Å². The Balaban J connectivity index is 1.46. The van der Waals surface area contributed by atoms with Gasteiger partial charge in [-0.05, 0) is 56.2 Å². The highest BCUT2D eigenvalue weighted by molar-refractivity contribution is 7.80. The Labute approximate surface area is 159 Å². The Bertz CT molecular complexity index is 955. The van der Waals surface area contributed by atoms with Crippen LogP contribution in [0.4, 0.5) is 5.69 Å². The van der Waals surface area contributed by atoms with Crippen molar-refractivity contribution in [1.29, 1.82) is 0 Å². The highest BCUT2D eigenvalue weighted by atomic mass is 32.1. The maximum Gasteiger partial charge on any atom is 0.173 e. The predicted molar refractivity (Wildman–Crippen MR) is 111 cm³/mol. The molecular weight excluding hydrogens is 340 g/mol. The van der Waals surface area contributed by atoms with Gasteiger partial charge in [0.25, 0.3) is 0 Å². The van der Waals surface area contributed by atoms with Crippen LogP contribution in [0, 0.1) is 13.8 Å². The maximum atomic E-state index is 5.65. The third-order valence-corrected chi connectivity index (χ3v) is 5.43. The lowest BCUT2D eigenvalue weighted by atomic mass is 9.99. The molecule has 0 unspecified atom stereocenters. The van der Waals surface area contributed by atoms with Gasteiger partial charge >= 0.3 is 0 Å². The molecule has 2 heterocycles. The van der Waals surface area contributed by atoms with Gasteiger partial charge in [-0.15, -0.1) is 0 Å².